The minimum Gasteiger partial charge on any atom is -0.549 e. The topological polar surface area (TPSA) is 196 Å². The molecule has 0 fully saturated rings. The smallest absolute Gasteiger partial charge is 0.549 e. The molecule has 0 aliphatic rings. The molecule has 0 heterocycles. The van der Waals surface area contributed by atoms with Gasteiger partial charge in [-0.05, 0) is 0 Å². The van der Waals surface area contributed by atoms with Crippen molar-refractivity contribution in [1.29, 1.82) is 0 Å². The third kappa shape index (κ3) is 14.8. The van der Waals surface area contributed by atoms with Crippen LogP contribution in [-0.4, -0.2) is 83.2 Å². The van der Waals surface area contributed by atoms with E-state index in [1.807, 2.05) is 0 Å². The van der Waals surface area contributed by atoms with Crippen LogP contribution in [-0.2, 0) is 38.7 Å². The SMILES string of the molecule is N.O=C([O-])CN(CCN(CC(=O)O)CC(=O)O)CC(=O)[O-].[Zn+2]. The predicted octanol–water partition coefficient (Wildman–Crippen LogP) is -4.58. The Hall–Kier alpha value is -1.62. The van der Waals surface area contributed by atoms with E-state index in [1.54, 1.807) is 0 Å². The summed E-state index contributed by atoms with van der Waals surface area (Å²) in [5, 5.41) is 38.0. The van der Waals surface area contributed by atoms with Crippen LogP contribution in [0.25, 0.3) is 0 Å². The van der Waals surface area contributed by atoms with E-state index in [0.717, 1.165) is 9.80 Å². The van der Waals surface area contributed by atoms with Gasteiger partial charge in [0.1, 0.15) is 0 Å². The maximum Gasteiger partial charge on any atom is 2.00 e. The summed E-state index contributed by atoms with van der Waals surface area (Å²) in [5.41, 5.74) is 0. The summed E-state index contributed by atoms with van der Waals surface area (Å²) in [6.45, 7) is -2.75. The molecule has 5 N–H and O–H groups in total. The minimum absolute atomic E-state index is 0. The molecule has 0 spiro atoms. The maximum atomic E-state index is 10.5. The summed E-state index contributed by atoms with van der Waals surface area (Å²) in [7, 11) is 0. The largest absolute Gasteiger partial charge is 2.00 e. The molecular formula is C10H17N3O8Zn. The number of carboxylic acid groups (broad SMARTS) is 4. The van der Waals surface area contributed by atoms with Crippen molar-refractivity contribution in [2.75, 3.05) is 39.3 Å². The number of rotatable bonds is 11. The molecule has 0 aliphatic heterocycles. The van der Waals surface area contributed by atoms with Gasteiger partial charge in [0.2, 0.25) is 0 Å². The molecule has 0 atom stereocenters. The van der Waals surface area contributed by atoms with Crippen molar-refractivity contribution < 1.29 is 59.1 Å². The molecule has 0 saturated heterocycles. The first kappa shape index (κ1) is 25.3. The van der Waals surface area contributed by atoms with E-state index in [1.165, 1.54) is 0 Å². The molecule has 11 nitrogen and oxygen atoms in total. The van der Waals surface area contributed by atoms with E-state index in [2.05, 4.69) is 0 Å². The standard InChI is InChI=1S/C10H16N2O8.H3N.Zn/c13-7(14)3-11(4-8(15)16)1-2-12(5-9(17)18)6-10(19)20;;/h1-6H2,(H,13,14)(H,15,16)(H,17,18)(H,19,20);1H3;/q;;+2/p-2. The first-order valence-electron chi connectivity index (χ1n) is 5.48. The average molecular weight is 373 g/mol. The van der Waals surface area contributed by atoms with Crippen molar-refractivity contribution >= 4 is 23.9 Å². The molecular weight excluding hydrogens is 356 g/mol. The monoisotopic (exact) mass is 371 g/mol. The molecule has 0 rings (SSSR count). The molecule has 0 unspecified atom stereocenters. The van der Waals surface area contributed by atoms with Gasteiger partial charge in [0, 0.05) is 26.2 Å². The number of hydrogen-bond donors (Lipinski definition) is 3. The molecule has 0 saturated carbocycles. The van der Waals surface area contributed by atoms with Gasteiger partial charge in [-0.2, -0.15) is 0 Å². The van der Waals surface area contributed by atoms with Crippen molar-refractivity contribution in [3.05, 3.63) is 0 Å². The van der Waals surface area contributed by atoms with Crippen LogP contribution in [0.15, 0.2) is 0 Å². The van der Waals surface area contributed by atoms with E-state index in [0.29, 0.717) is 0 Å². The molecule has 0 radical (unpaired) electrons. The van der Waals surface area contributed by atoms with Crippen LogP contribution >= 0.6 is 0 Å². The van der Waals surface area contributed by atoms with Gasteiger partial charge in [0.25, 0.3) is 0 Å². The van der Waals surface area contributed by atoms with Gasteiger partial charge < -0.3 is 36.2 Å². The van der Waals surface area contributed by atoms with Crippen molar-refractivity contribution in [2.45, 2.75) is 0 Å². The summed E-state index contributed by atoms with van der Waals surface area (Å²) in [6.07, 6.45) is 0. The molecule has 122 valence electrons. The van der Waals surface area contributed by atoms with Crippen LogP contribution in [0.4, 0.5) is 0 Å². The van der Waals surface area contributed by atoms with Gasteiger partial charge in [0.15, 0.2) is 0 Å². The number of carbonyl (C=O) groups is 4. The molecule has 0 aromatic heterocycles. The van der Waals surface area contributed by atoms with E-state index in [-0.39, 0.29) is 38.7 Å². The van der Waals surface area contributed by atoms with Gasteiger partial charge in [-0.1, -0.05) is 0 Å². The molecule has 0 aromatic rings. The quantitative estimate of drug-likeness (QED) is 0.295. The van der Waals surface area contributed by atoms with Crippen LogP contribution in [0.5, 0.6) is 0 Å². The molecule has 0 aliphatic carbocycles. The zero-order chi connectivity index (χ0) is 15.7. The fourth-order valence-corrected chi connectivity index (χ4v) is 1.46. The average Bonchev–Trinajstić information content (AvgIpc) is 2.22. The Morgan fingerprint density at radius 1 is 0.727 bits per heavy atom. The van der Waals surface area contributed by atoms with Gasteiger partial charge in [-0.15, -0.1) is 0 Å². The zero-order valence-electron chi connectivity index (χ0n) is 11.9. The Kier molecular flexibility index (Phi) is 15.1. The third-order valence-corrected chi connectivity index (χ3v) is 2.16. The van der Waals surface area contributed by atoms with Crippen molar-refractivity contribution in [3.8, 4) is 0 Å². The molecule has 22 heavy (non-hydrogen) atoms. The predicted molar refractivity (Wildman–Crippen MR) is 63.2 cm³/mol. The first-order chi connectivity index (χ1) is 9.20. The van der Waals surface area contributed by atoms with Gasteiger partial charge in [0.05, 0.1) is 25.0 Å². The number of nitrogens with zero attached hydrogens (tertiary/aromatic N) is 2. The van der Waals surface area contributed by atoms with Crippen LogP contribution in [0.1, 0.15) is 0 Å². The van der Waals surface area contributed by atoms with Gasteiger partial charge >= 0.3 is 31.4 Å². The summed E-state index contributed by atoms with van der Waals surface area (Å²) in [5.74, 6) is -5.52. The summed E-state index contributed by atoms with van der Waals surface area (Å²) >= 11 is 0. The number of aliphatic carboxylic acids is 4. The summed E-state index contributed by atoms with van der Waals surface area (Å²) in [6, 6.07) is 0. The van der Waals surface area contributed by atoms with E-state index in [4.69, 9.17) is 10.2 Å². The Bertz CT molecular complexity index is 324. The first-order valence-corrected chi connectivity index (χ1v) is 5.48. The van der Waals surface area contributed by atoms with Crippen LogP contribution in [0.3, 0.4) is 0 Å². The maximum absolute atomic E-state index is 10.5. The van der Waals surface area contributed by atoms with Gasteiger partial charge in [-0.3, -0.25) is 19.4 Å². The van der Waals surface area contributed by atoms with E-state index >= 15 is 0 Å². The van der Waals surface area contributed by atoms with Crippen LogP contribution in [0, 0.1) is 0 Å². The third-order valence-electron chi connectivity index (χ3n) is 2.16. The second-order valence-corrected chi connectivity index (χ2v) is 3.95. The van der Waals surface area contributed by atoms with Gasteiger partial charge in [-0.25, -0.2) is 0 Å². The van der Waals surface area contributed by atoms with Crippen molar-refractivity contribution in [2.24, 2.45) is 0 Å². The van der Waals surface area contributed by atoms with E-state index < -0.39 is 50.1 Å². The van der Waals surface area contributed by atoms with Crippen LogP contribution < -0.4 is 16.4 Å². The molecule has 0 amide bonds. The molecule has 0 aromatic carbocycles. The van der Waals surface area contributed by atoms with Crippen LogP contribution in [0.2, 0.25) is 0 Å². The number of hydrogen-bond acceptors (Lipinski definition) is 9. The summed E-state index contributed by atoms with van der Waals surface area (Å²) in [4.78, 5) is 43.9. The normalized spacial score (nSPS) is 9.73. The summed E-state index contributed by atoms with van der Waals surface area (Å²) < 4.78 is 0. The van der Waals surface area contributed by atoms with Crippen molar-refractivity contribution in [1.82, 2.24) is 16.0 Å². The molecule has 12 heteroatoms. The van der Waals surface area contributed by atoms with Crippen molar-refractivity contribution in [3.63, 3.8) is 0 Å². The number of carbonyl (C=O) groups excluding carboxylic acids is 2. The Morgan fingerprint density at radius 2 is 1.00 bits per heavy atom. The fraction of sp³-hybridized carbons (Fsp3) is 0.600. The minimum atomic E-state index is -1.51. The Labute approximate surface area is 138 Å². The Morgan fingerprint density at radius 3 is 1.23 bits per heavy atom. The second-order valence-electron chi connectivity index (χ2n) is 3.95. The number of carboxylic acids is 4. The van der Waals surface area contributed by atoms with E-state index in [9.17, 15) is 29.4 Å². The zero-order valence-corrected chi connectivity index (χ0v) is 14.9. The Balaban J connectivity index is -0.00000180. The molecule has 0 bridgehead atoms. The second kappa shape index (κ2) is 13.1. The fourth-order valence-electron chi connectivity index (χ4n) is 1.46.